The number of aryl methyl sites for hydroxylation is 1. The van der Waals surface area contributed by atoms with Gasteiger partial charge in [0.25, 0.3) is 0 Å². The molecule has 172 valence electrons. The van der Waals surface area contributed by atoms with E-state index < -0.39 is 0 Å². The molecule has 1 aliphatic rings. The number of hydrogen-bond acceptors (Lipinski definition) is 4. The molecule has 34 heavy (non-hydrogen) atoms. The summed E-state index contributed by atoms with van der Waals surface area (Å²) in [5, 5.41) is 4.39. The molecule has 5 rings (SSSR count). The molecule has 5 nitrogen and oxygen atoms in total. The first kappa shape index (κ1) is 21.8. The number of fused-ring (bicyclic) bond motifs is 1. The lowest BCUT2D eigenvalue weighted by Gasteiger charge is -2.13. The van der Waals surface area contributed by atoms with Gasteiger partial charge in [0.05, 0.1) is 11.4 Å². The molecular weight excluding hydrogens is 431 g/mol. The maximum absolute atomic E-state index is 13.6. The van der Waals surface area contributed by atoms with E-state index in [1.54, 1.807) is 12.1 Å². The van der Waals surface area contributed by atoms with Crippen molar-refractivity contribution in [1.82, 2.24) is 4.57 Å². The third kappa shape index (κ3) is 4.27. The molecule has 0 aliphatic carbocycles. The molecule has 0 unspecified atom stereocenters. The predicted octanol–water partition coefficient (Wildman–Crippen LogP) is 6.57. The van der Waals surface area contributed by atoms with Gasteiger partial charge >= 0.3 is 0 Å². The lowest BCUT2D eigenvalue weighted by atomic mass is 10.1. The van der Waals surface area contributed by atoms with Crippen molar-refractivity contribution < 1.29 is 18.7 Å². The van der Waals surface area contributed by atoms with Crippen LogP contribution >= 0.6 is 0 Å². The summed E-state index contributed by atoms with van der Waals surface area (Å²) in [5.41, 5.74) is 7.79. The van der Waals surface area contributed by atoms with E-state index in [-0.39, 0.29) is 12.6 Å². The van der Waals surface area contributed by atoms with E-state index in [0.717, 1.165) is 51.0 Å². The lowest BCUT2D eigenvalue weighted by Crippen LogP contribution is -2.02. The Morgan fingerprint density at radius 2 is 1.68 bits per heavy atom. The average molecular weight is 457 g/mol. The number of aromatic nitrogens is 1. The molecule has 0 radical (unpaired) electrons. The van der Waals surface area contributed by atoms with Gasteiger partial charge in [-0.1, -0.05) is 28.9 Å². The minimum Gasteiger partial charge on any atom is -0.454 e. The number of oxime groups is 1. The van der Waals surface area contributed by atoms with Crippen molar-refractivity contribution in [2.24, 2.45) is 5.16 Å². The average Bonchev–Trinajstić information content (AvgIpc) is 3.44. The molecule has 0 saturated heterocycles. The third-order valence-electron chi connectivity index (χ3n) is 5.94. The van der Waals surface area contributed by atoms with E-state index in [2.05, 4.69) is 53.9 Å². The van der Waals surface area contributed by atoms with E-state index in [1.165, 1.54) is 17.7 Å². The van der Waals surface area contributed by atoms with Crippen LogP contribution in [0, 0.1) is 19.7 Å². The second-order valence-corrected chi connectivity index (χ2v) is 8.34. The van der Waals surface area contributed by atoms with Gasteiger partial charge in [-0.2, -0.15) is 0 Å². The van der Waals surface area contributed by atoms with Crippen molar-refractivity contribution >= 4 is 5.71 Å². The molecule has 0 fully saturated rings. The Bertz CT molecular complexity index is 1360. The van der Waals surface area contributed by atoms with Crippen LogP contribution < -0.4 is 9.47 Å². The quantitative estimate of drug-likeness (QED) is 0.243. The van der Waals surface area contributed by atoms with Crippen LogP contribution in [-0.4, -0.2) is 17.1 Å². The Kier molecular flexibility index (Phi) is 5.80. The molecule has 0 atom stereocenters. The minimum atomic E-state index is -0.260. The smallest absolute Gasteiger partial charge is 0.231 e. The first-order valence-corrected chi connectivity index (χ1v) is 11.1. The Hall–Kier alpha value is -4.06. The molecule has 0 saturated carbocycles. The lowest BCUT2D eigenvalue weighted by molar-refractivity contribution is 0.130. The van der Waals surface area contributed by atoms with Crippen LogP contribution in [0.15, 0.2) is 78.0 Å². The van der Waals surface area contributed by atoms with Gasteiger partial charge < -0.3 is 18.9 Å². The van der Waals surface area contributed by atoms with Crippen molar-refractivity contribution in [2.75, 3.05) is 6.79 Å². The van der Waals surface area contributed by atoms with Crippen molar-refractivity contribution in [2.45, 2.75) is 27.4 Å². The molecule has 0 spiro atoms. The van der Waals surface area contributed by atoms with Crippen LogP contribution in [0.2, 0.25) is 0 Å². The summed E-state index contributed by atoms with van der Waals surface area (Å²) < 4.78 is 26.5. The van der Waals surface area contributed by atoms with Crippen LogP contribution in [-0.2, 0) is 11.4 Å². The highest BCUT2D eigenvalue weighted by Gasteiger charge is 2.18. The van der Waals surface area contributed by atoms with Crippen LogP contribution in [0.1, 0.15) is 29.3 Å². The van der Waals surface area contributed by atoms with E-state index in [4.69, 9.17) is 14.3 Å². The summed E-state index contributed by atoms with van der Waals surface area (Å²) in [6, 6.07) is 22.7. The van der Waals surface area contributed by atoms with Crippen molar-refractivity contribution in [3.8, 4) is 28.4 Å². The van der Waals surface area contributed by atoms with Gasteiger partial charge in [-0.3, -0.25) is 0 Å². The first-order valence-electron chi connectivity index (χ1n) is 11.1. The number of benzene rings is 3. The zero-order valence-electron chi connectivity index (χ0n) is 19.3. The number of hydrogen-bond donors (Lipinski definition) is 0. The molecule has 0 N–H and O–H groups in total. The Morgan fingerprint density at radius 3 is 2.44 bits per heavy atom. The second kappa shape index (κ2) is 9.06. The summed E-state index contributed by atoms with van der Waals surface area (Å²) in [5.74, 6) is 1.20. The summed E-state index contributed by atoms with van der Waals surface area (Å²) in [6.07, 6.45) is 0. The summed E-state index contributed by atoms with van der Waals surface area (Å²) in [7, 11) is 0. The van der Waals surface area contributed by atoms with Crippen LogP contribution in [0.5, 0.6) is 11.5 Å². The summed E-state index contributed by atoms with van der Waals surface area (Å²) in [4.78, 5) is 5.68. The van der Waals surface area contributed by atoms with Gasteiger partial charge in [0.2, 0.25) is 6.79 Å². The number of rotatable bonds is 6. The van der Waals surface area contributed by atoms with E-state index >= 15 is 0 Å². The number of halogens is 1. The van der Waals surface area contributed by atoms with Gasteiger partial charge in [0, 0.05) is 16.9 Å². The van der Waals surface area contributed by atoms with Gasteiger partial charge in [-0.15, -0.1) is 0 Å². The molecular formula is C28H25FN2O3. The Balaban J connectivity index is 1.46. The van der Waals surface area contributed by atoms with E-state index in [9.17, 15) is 4.39 Å². The highest BCUT2D eigenvalue weighted by molar-refractivity contribution is 6.01. The fraction of sp³-hybridized carbons (Fsp3) is 0.179. The normalized spacial score (nSPS) is 12.8. The second-order valence-electron chi connectivity index (χ2n) is 8.34. The Labute approximate surface area is 198 Å². The molecule has 3 aromatic carbocycles. The van der Waals surface area contributed by atoms with Crippen LogP contribution in [0.25, 0.3) is 16.9 Å². The van der Waals surface area contributed by atoms with Gasteiger partial charge in [-0.25, -0.2) is 4.39 Å². The number of ether oxygens (including phenoxy) is 2. The van der Waals surface area contributed by atoms with Crippen molar-refractivity contribution in [3.63, 3.8) is 0 Å². The van der Waals surface area contributed by atoms with Crippen molar-refractivity contribution in [1.29, 1.82) is 0 Å². The van der Waals surface area contributed by atoms with Gasteiger partial charge in [-0.05, 0) is 86.5 Å². The molecule has 6 heteroatoms. The van der Waals surface area contributed by atoms with Crippen molar-refractivity contribution in [3.05, 3.63) is 101 Å². The van der Waals surface area contributed by atoms with Gasteiger partial charge in [0.15, 0.2) is 11.5 Å². The molecule has 2 heterocycles. The topological polar surface area (TPSA) is 45.0 Å². The summed E-state index contributed by atoms with van der Waals surface area (Å²) in [6.45, 7) is 6.60. The SMILES string of the molecule is C/C(=N/OCc1ccc2c(c1)OCO2)c1cc(-c2ccc(F)cc2)n(-c2ccc(C)cc2)c1C. The van der Waals surface area contributed by atoms with Crippen LogP contribution in [0.3, 0.4) is 0 Å². The van der Waals surface area contributed by atoms with Crippen LogP contribution in [0.4, 0.5) is 4.39 Å². The largest absolute Gasteiger partial charge is 0.454 e. The number of nitrogens with zero attached hydrogens (tertiary/aromatic N) is 2. The fourth-order valence-corrected chi connectivity index (χ4v) is 4.12. The van der Waals surface area contributed by atoms with Gasteiger partial charge in [0.1, 0.15) is 12.4 Å². The minimum absolute atomic E-state index is 0.241. The van der Waals surface area contributed by atoms with E-state index in [1.807, 2.05) is 25.1 Å². The Morgan fingerprint density at radius 1 is 0.941 bits per heavy atom. The molecule has 1 aromatic heterocycles. The molecule has 0 bridgehead atoms. The maximum atomic E-state index is 13.6. The standard InChI is InChI=1S/C28H25FN2O3/c1-18-4-11-24(12-5-18)31-20(3)25(15-26(31)22-7-9-23(29)10-8-22)19(2)30-34-16-21-6-13-27-28(14-21)33-17-32-27/h4-15H,16-17H2,1-3H3/b30-19-. The fourth-order valence-electron chi connectivity index (χ4n) is 4.12. The van der Waals surface area contributed by atoms with E-state index in [0.29, 0.717) is 6.61 Å². The molecule has 0 amide bonds. The third-order valence-corrected chi connectivity index (χ3v) is 5.94. The maximum Gasteiger partial charge on any atom is 0.231 e. The molecule has 1 aliphatic heterocycles. The highest BCUT2D eigenvalue weighted by atomic mass is 19.1. The predicted molar refractivity (Wildman–Crippen MR) is 130 cm³/mol. The monoisotopic (exact) mass is 456 g/mol. The zero-order chi connectivity index (χ0) is 23.7. The summed E-state index contributed by atoms with van der Waals surface area (Å²) >= 11 is 0. The molecule has 4 aromatic rings. The highest BCUT2D eigenvalue weighted by Crippen LogP contribution is 2.33. The zero-order valence-corrected chi connectivity index (χ0v) is 19.3. The first-order chi connectivity index (χ1) is 16.5.